The second-order valence-corrected chi connectivity index (χ2v) is 4.36. The Labute approximate surface area is 79.6 Å². The molecule has 0 atom stereocenters. The number of piperidine rings is 1. The topological polar surface area (TPSA) is 20.3 Å². The molecule has 2 heteroatoms. The van der Waals surface area contributed by atoms with Crippen LogP contribution in [0, 0.1) is 5.41 Å². The molecule has 0 aromatic rings. The molecule has 0 radical (unpaired) electrons. The summed E-state index contributed by atoms with van der Waals surface area (Å²) in [6.45, 7) is 3.87. The van der Waals surface area contributed by atoms with E-state index in [9.17, 15) is 4.79 Å². The Kier molecular flexibility index (Phi) is 2.14. The van der Waals surface area contributed by atoms with Crippen LogP contribution in [0.1, 0.15) is 32.6 Å². The van der Waals surface area contributed by atoms with Gasteiger partial charge in [-0.3, -0.25) is 4.79 Å². The Balaban J connectivity index is 1.96. The number of hydrogen-bond donors (Lipinski definition) is 0. The molecule has 2 fully saturated rings. The summed E-state index contributed by atoms with van der Waals surface area (Å²) in [7, 11) is 0. The van der Waals surface area contributed by atoms with E-state index in [0.717, 1.165) is 13.1 Å². The summed E-state index contributed by atoms with van der Waals surface area (Å²) in [6.07, 6.45) is 8.73. The van der Waals surface area contributed by atoms with Gasteiger partial charge in [0.2, 0.25) is 5.91 Å². The quantitative estimate of drug-likeness (QED) is 0.563. The second-order valence-electron chi connectivity index (χ2n) is 4.36. The lowest BCUT2D eigenvalue weighted by atomic mass is 9.95. The molecule has 13 heavy (non-hydrogen) atoms. The van der Waals surface area contributed by atoms with Gasteiger partial charge in [0.25, 0.3) is 0 Å². The fourth-order valence-corrected chi connectivity index (χ4v) is 2.23. The minimum atomic E-state index is 0.202. The fraction of sp³-hybridized carbons (Fsp3) is 0.727. The first kappa shape index (κ1) is 8.79. The summed E-state index contributed by atoms with van der Waals surface area (Å²) in [5.74, 6) is 0.202. The highest BCUT2D eigenvalue weighted by Gasteiger charge is 2.45. The monoisotopic (exact) mass is 179 g/mol. The minimum Gasteiger partial charge on any atom is -0.339 e. The molecule has 0 bridgehead atoms. The number of carbonyl (C=O) groups is 1. The van der Waals surface area contributed by atoms with Gasteiger partial charge >= 0.3 is 0 Å². The van der Waals surface area contributed by atoms with Crippen molar-refractivity contribution in [1.82, 2.24) is 4.90 Å². The van der Waals surface area contributed by atoms with Crippen LogP contribution in [0.3, 0.4) is 0 Å². The lowest BCUT2D eigenvalue weighted by Gasteiger charge is -2.32. The molecule has 0 aromatic carbocycles. The van der Waals surface area contributed by atoms with E-state index < -0.39 is 0 Å². The predicted molar refractivity (Wildman–Crippen MR) is 52.3 cm³/mol. The van der Waals surface area contributed by atoms with Gasteiger partial charge in [-0.05, 0) is 44.1 Å². The standard InChI is InChI=1S/C11H17NO/c1-2-4-10(13)12-8-3-5-11(9-12)6-7-11/h2,4H,3,5-9H2,1H3/b4-2+. The van der Waals surface area contributed by atoms with Crippen molar-refractivity contribution >= 4 is 5.91 Å². The molecular weight excluding hydrogens is 162 g/mol. The first-order valence-corrected chi connectivity index (χ1v) is 5.17. The van der Waals surface area contributed by atoms with E-state index in [1.54, 1.807) is 6.08 Å². The van der Waals surface area contributed by atoms with Crippen LogP contribution in [0.25, 0.3) is 0 Å². The first-order valence-electron chi connectivity index (χ1n) is 5.17. The maximum absolute atomic E-state index is 11.6. The number of nitrogens with zero attached hydrogens (tertiary/aromatic N) is 1. The summed E-state index contributed by atoms with van der Waals surface area (Å²) in [6, 6.07) is 0. The van der Waals surface area contributed by atoms with E-state index in [1.807, 2.05) is 17.9 Å². The van der Waals surface area contributed by atoms with E-state index in [4.69, 9.17) is 0 Å². The van der Waals surface area contributed by atoms with Crippen LogP contribution in [0.2, 0.25) is 0 Å². The number of amides is 1. The zero-order valence-corrected chi connectivity index (χ0v) is 8.25. The van der Waals surface area contributed by atoms with E-state index in [-0.39, 0.29) is 5.91 Å². The normalized spacial score (nSPS) is 25.5. The van der Waals surface area contributed by atoms with Crippen LogP contribution in [-0.2, 0) is 4.79 Å². The third-order valence-corrected chi connectivity index (χ3v) is 3.24. The average molecular weight is 179 g/mol. The summed E-state index contributed by atoms with van der Waals surface area (Å²) < 4.78 is 0. The van der Waals surface area contributed by atoms with E-state index in [0.29, 0.717) is 5.41 Å². The molecule has 2 aliphatic rings. The number of carbonyl (C=O) groups excluding carboxylic acids is 1. The second kappa shape index (κ2) is 3.17. The molecule has 1 saturated heterocycles. The molecule has 1 spiro atoms. The molecule has 2 nitrogen and oxygen atoms in total. The molecule has 0 aromatic heterocycles. The van der Waals surface area contributed by atoms with E-state index in [1.165, 1.54) is 25.7 Å². The van der Waals surface area contributed by atoms with Gasteiger partial charge in [-0.25, -0.2) is 0 Å². The molecule has 0 N–H and O–H groups in total. The number of hydrogen-bond acceptors (Lipinski definition) is 1. The Morgan fingerprint density at radius 3 is 2.77 bits per heavy atom. The lowest BCUT2D eigenvalue weighted by Crippen LogP contribution is -2.39. The molecule has 1 aliphatic carbocycles. The van der Waals surface area contributed by atoms with Crippen molar-refractivity contribution < 1.29 is 4.79 Å². The Morgan fingerprint density at radius 2 is 2.15 bits per heavy atom. The van der Waals surface area contributed by atoms with Crippen molar-refractivity contribution in [2.75, 3.05) is 13.1 Å². The Morgan fingerprint density at radius 1 is 1.38 bits per heavy atom. The summed E-state index contributed by atoms with van der Waals surface area (Å²) in [5.41, 5.74) is 0.551. The van der Waals surface area contributed by atoms with Crippen LogP contribution in [0.4, 0.5) is 0 Å². The third-order valence-electron chi connectivity index (χ3n) is 3.24. The molecule has 72 valence electrons. The highest BCUT2D eigenvalue weighted by Crippen LogP contribution is 2.51. The summed E-state index contributed by atoms with van der Waals surface area (Å²) in [5, 5.41) is 0. The van der Waals surface area contributed by atoms with Crippen LogP contribution in [0.15, 0.2) is 12.2 Å². The number of likely N-dealkylation sites (tertiary alicyclic amines) is 1. The highest BCUT2D eigenvalue weighted by molar-refractivity contribution is 5.87. The molecule has 1 saturated carbocycles. The zero-order chi connectivity index (χ0) is 9.31. The summed E-state index contributed by atoms with van der Waals surface area (Å²) >= 11 is 0. The minimum absolute atomic E-state index is 0.202. The van der Waals surface area contributed by atoms with Crippen molar-refractivity contribution in [3.63, 3.8) is 0 Å². The SMILES string of the molecule is C/C=C/C(=O)N1CCCC2(CC2)C1. The molecule has 1 heterocycles. The van der Waals surface area contributed by atoms with Crippen molar-refractivity contribution in [2.24, 2.45) is 5.41 Å². The van der Waals surface area contributed by atoms with Gasteiger partial charge in [-0.2, -0.15) is 0 Å². The van der Waals surface area contributed by atoms with Crippen LogP contribution in [0.5, 0.6) is 0 Å². The van der Waals surface area contributed by atoms with Gasteiger partial charge in [0.15, 0.2) is 0 Å². The van der Waals surface area contributed by atoms with Gasteiger partial charge in [-0.15, -0.1) is 0 Å². The largest absolute Gasteiger partial charge is 0.339 e. The zero-order valence-electron chi connectivity index (χ0n) is 8.25. The lowest BCUT2D eigenvalue weighted by molar-refractivity contribution is -0.128. The maximum atomic E-state index is 11.6. The van der Waals surface area contributed by atoms with Crippen LogP contribution < -0.4 is 0 Å². The van der Waals surface area contributed by atoms with Crippen molar-refractivity contribution in [3.05, 3.63) is 12.2 Å². The van der Waals surface area contributed by atoms with Gasteiger partial charge in [-0.1, -0.05) is 6.08 Å². The van der Waals surface area contributed by atoms with E-state index >= 15 is 0 Å². The van der Waals surface area contributed by atoms with Gasteiger partial charge in [0.05, 0.1) is 0 Å². The van der Waals surface area contributed by atoms with Crippen molar-refractivity contribution in [2.45, 2.75) is 32.6 Å². The van der Waals surface area contributed by atoms with Crippen molar-refractivity contribution in [3.8, 4) is 0 Å². The fourth-order valence-electron chi connectivity index (χ4n) is 2.23. The van der Waals surface area contributed by atoms with Gasteiger partial charge in [0, 0.05) is 13.1 Å². The number of rotatable bonds is 1. The Bertz CT molecular complexity index is 240. The highest BCUT2D eigenvalue weighted by atomic mass is 16.2. The number of allylic oxidation sites excluding steroid dienone is 1. The maximum Gasteiger partial charge on any atom is 0.246 e. The molecule has 2 rings (SSSR count). The molecule has 0 unspecified atom stereocenters. The third kappa shape index (κ3) is 1.77. The van der Waals surface area contributed by atoms with Crippen molar-refractivity contribution in [1.29, 1.82) is 0 Å². The van der Waals surface area contributed by atoms with Gasteiger partial charge < -0.3 is 4.90 Å². The van der Waals surface area contributed by atoms with E-state index in [2.05, 4.69) is 0 Å². The van der Waals surface area contributed by atoms with Gasteiger partial charge in [0.1, 0.15) is 0 Å². The molecule has 1 amide bonds. The smallest absolute Gasteiger partial charge is 0.246 e. The predicted octanol–water partition coefficient (Wildman–Crippen LogP) is 1.97. The summed E-state index contributed by atoms with van der Waals surface area (Å²) in [4.78, 5) is 13.6. The first-order chi connectivity index (χ1) is 6.26. The Hall–Kier alpha value is -0.790. The molecular formula is C11H17NO. The molecule has 1 aliphatic heterocycles. The van der Waals surface area contributed by atoms with Crippen LogP contribution >= 0.6 is 0 Å². The average Bonchev–Trinajstić information content (AvgIpc) is 2.85. The van der Waals surface area contributed by atoms with Crippen LogP contribution in [-0.4, -0.2) is 23.9 Å².